The molecule has 0 bridgehead atoms. The molecule has 0 aliphatic rings. The number of halogens is 2. The highest BCUT2D eigenvalue weighted by Gasteiger charge is 1.96. The number of nitrogens with one attached hydrogen (secondary N) is 2. The van der Waals surface area contributed by atoms with Crippen molar-refractivity contribution in [3.8, 4) is 0 Å². The number of hydrogen-bond donors (Lipinski definition) is 4. The second-order valence-corrected chi connectivity index (χ2v) is 3.79. The zero-order valence-corrected chi connectivity index (χ0v) is 11.0. The smallest absolute Gasteiger partial charge is 0.300 e. The fourth-order valence-corrected chi connectivity index (χ4v) is 1.08. The van der Waals surface area contributed by atoms with Crippen LogP contribution in [0.2, 0.25) is 10.0 Å². The number of hydrazone groups is 1. The van der Waals surface area contributed by atoms with Gasteiger partial charge in [-0.25, -0.2) is 5.43 Å². The molecule has 0 aliphatic heterocycles. The maximum Gasteiger partial charge on any atom is 0.300 e. The van der Waals surface area contributed by atoms with Gasteiger partial charge in [0.15, 0.2) is 0 Å². The minimum Gasteiger partial charge on any atom is -0.481 e. The van der Waals surface area contributed by atoms with Crippen molar-refractivity contribution in [3.05, 3.63) is 33.8 Å². The van der Waals surface area contributed by atoms with Crippen LogP contribution in [0.1, 0.15) is 12.5 Å². The fourth-order valence-electron chi connectivity index (χ4n) is 0.769. The molecule has 1 aromatic carbocycles. The first-order valence-corrected chi connectivity index (χ1v) is 5.36. The van der Waals surface area contributed by atoms with Gasteiger partial charge in [-0.2, -0.15) is 5.10 Å². The summed E-state index contributed by atoms with van der Waals surface area (Å²) in [5, 5.41) is 18.9. The quantitative estimate of drug-likeness (QED) is 0.379. The third-order valence-electron chi connectivity index (χ3n) is 1.34. The normalized spacial score (nSPS) is 9.50. The molecule has 0 saturated carbocycles. The Morgan fingerprint density at radius 2 is 2.06 bits per heavy atom. The van der Waals surface area contributed by atoms with E-state index in [1.165, 1.54) is 6.21 Å². The van der Waals surface area contributed by atoms with Gasteiger partial charge in [0.2, 0.25) is 5.96 Å². The first-order valence-electron chi connectivity index (χ1n) is 4.60. The Morgan fingerprint density at radius 3 is 2.50 bits per heavy atom. The maximum atomic E-state index is 9.00. The van der Waals surface area contributed by atoms with Gasteiger partial charge in [-0.05, 0) is 17.7 Å². The van der Waals surface area contributed by atoms with Crippen molar-refractivity contribution in [2.75, 3.05) is 0 Å². The van der Waals surface area contributed by atoms with E-state index in [9.17, 15) is 0 Å². The summed E-state index contributed by atoms with van der Waals surface area (Å²) in [6.45, 7) is 1.08. The molecular weight excluding hydrogens is 279 g/mol. The summed E-state index contributed by atoms with van der Waals surface area (Å²) in [6, 6.07) is 5.08. The zero-order valence-electron chi connectivity index (χ0n) is 9.45. The predicted octanol–water partition coefficient (Wildman–Crippen LogP) is 1.90. The van der Waals surface area contributed by atoms with Crippen LogP contribution >= 0.6 is 23.2 Å². The number of benzene rings is 1. The molecule has 0 amide bonds. The molecule has 0 fully saturated rings. The average molecular weight is 291 g/mol. The van der Waals surface area contributed by atoms with Crippen LogP contribution in [0.25, 0.3) is 0 Å². The minimum atomic E-state index is -0.833. The zero-order chi connectivity index (χ0) is 14.1. The van der Waals surface area contributed by atoms with Crippen LogP contribution in [0.5, 0.6) is 0 Å². The summed E-state index contributed by atoms with van der Waals surface area (Å²) < 4.78 is 0. The lowest BCUT2D eigenvalue weighted by molar-refractivity contribution is -0.134. The van der Waals surface area contributed by atoms with Crippen LogP contribution in [-0.4, -0.2) is 23.2 Å². The van der Waals surface area contributed by atoms with Gasteiger partial charge in [0.1, 0.15) is 0 Å². The summed E-state index contributed by atoms with van der Waals surface area (Å²) in [5.74, 6) is -1.05. The molecular formula is C10H12Cl2N4O2. The highest BCUT2D eigenvalue weighted by atomic mass is 35.5. The number of nitrogens with zero attached hydrogens (tertiary/aromatic N) is 1. The summed E-state index contributed by atoms with van der Waals surface area (Å²) in [7, 11) is 0. The van der Waals surface area contributed by atoms with E-state index in [1.54, 1.807) is 18.2 Å². The number of aliphatic carboxylic acids is 1. The van der Waals surface area contributed by atoms with Crippen LogP contribution in [0.4, 0.5) is 0 Å². The first-order chi connectivity index (χ1) is 8.32. The molecule has 1 aromatic rings. The molecule has 98 valence electrons. The molecule has 0 unspecified atom stereocenters. The van der Waals surface area contributed by atoms with Crippen molar-refractivity contribution < 1.29 is 9.90 Å². The number of hydrogen-bond acceptors (Lipinski definition) is 3. The predicted molar refractivity (Wildman–Crippen MR) is 72.4 cm³/mol. The second-order valence-electron chi connectivity index (χ2n) is 2.98. The van der Waals surface area contributed by atoms with Gasteiger partial charge in [0.25, 0.3) is 5.97 Å². The first kappa shape index (κ1) is 16.2. The molecule has 0 aliphatic carbocycles. The van der Waals surface area contributed by atoms with E-state index in [4.69, 9.17) is 44.2 Å². The maximum absolute atomic E-state index is 9.00. The fraction of sp³-hybridized carbons (Fsp3) is 0.100. The molecule has 6 nitrogen and oxygen atoms in total. The average Bonchev–Trinajstić information content (AvgIpc) is 2.22. The van der Waals surface area contributed by atoms with Gasteiger partial charge in [-0.1, -0.05) is 29.3 Å². The van der Waals surface area contributed by atoms with Gasteiger partial charge in [-0.15, -0.1) is 0 Å². The number of carboxylic acids is 1. The summed E-state index contributed by atoms with van der Waals surface area (Å²) >= 11 is 11.5. The number of rotatable bonds is 2. The Morgan fingerprint density at radius 1 is 1.50 bits per heavy atom. The lowest BCUT2D eigenvalue weighted by Gasteiger charge is -1.97. The SMILES string of the molecule is CC(=O)O.N=C(N)NN=Cc1ccc(Cl)c(Cl)c1. The third kappa shape index (κ3) is 8.37. The van der Waals surface area contributed by atoms with Crippen LogP contribution in [0.3, 0.4) is 0 Å². The molecule has 0 aromatic heterocycles. The molecule has 5 N–H and O–H groups in total. The molecule has 0 radical (unpaired) electrons. The highest BCUT2D eigenvalue weighted by Crippen LogP contribution is 2.21. The molecule has 0 saturated heterocycles. The Bertz CT molecular complexity index is 459. The molecule has 0 heterocycles. The molecule has 8 heteroatoms. The lowest BCUT2D eigenvalue weighted by Crippen LogP contribution is -2.25. The topological polar surface area (TPSA) is 112 Å². The monoisotopic (exact) mass is 290 g/mol. The van der Waals surface area contributed by atoms with Crippen molar-refractivity contribution in [2.24, 2.45) is 10.8 Å². The largest absolute Gasteiger partial charge is 0.481 e. The number of carbonyl (C=O) groups is 1. The Kier molecular flexibility index (Phi) is 7.50. The van der Waals surface area contributed by atoms with Crippen LogP contribution < -0.4 is 11.2 Å². The van der Waals surface area contributed by atoms with E-state index < -0.39 is 5.97 Å². The number of nitrogens with two attached hydrogens (primary N) is 1. The summed E-state index contributed by atoms with van der Waals surface area (Å²) in [5.41, 5.74) is 8.08. The van der Waals surface area contributed by atoms with E-state index in [-0.39, 0.29) is 5.96 Å². The van der Waals surface area contributed by atoms with Gasteiger partial charge >= 0.3 is 0 Å². The van der Waals surface area contributed by atoms with E-state index >= 15 is 0 Å². The third-order valence-corrected chi connectivity index (χ3v) is 2.08. The van der Waals surface area contributed by atoms with E-state index in [0.29, 0.717) is 10.0 Å². The van der Waals surface area contributed by atoms with E-state index in [0.717, 1.165) is 12.5 Å². The minimum absolute atomic E-state index is 0.221. The summed E-state index contributed by atoms with van der Waals surface area (Å²) in [4.78, 5) is 9.00. The van der Waals surface area contributed by atoms with Crippen molar-refractivity contribution in [1.82, 2.24) is 5.43 Å². The number of guanidine groups is 1. The van der Waals surface area contributed by atoms with Crippen LogP contribution in [0, 0.1) is 5.41 Å². The van der Waals surface area contributed by atoms with Crippen LogP contribution in [0.15, 0.2) is 23.3 Å². The molecule has 0 spiro atoms. The van der Waals surface area contributed by atoms with Crippen molar-refractivity contribution >= 4 is 41.3 Å². The lowest BCUT2D eigenvalue weighted by atomic mass is 10.2. The van der Waals surface area contributed by atoms with E-state index in [1.807, 2.05) is 0 Å². The molecule has 0 atom stereocenters. The molecule has 18 heavy (non-hydrogen) atoms. The van der Waals surface area contributed by atoms with Crippen LogP contribution in [-0.2, 0) is 4.79 Å². The Balaban J connectivity index is 0.000000631. The van der Waals surface area contributed by atoms with Gasteiger partial charge in [0.05, 0.1) is 16.3 Å². The van der Waals surface area contributed by atoms with Crippen molar-refractivity contribution in [2.45, 2.75) is 6.92 Å². The second kappa shape index (κ2) is 8.32. The summed E-state index contributed by atoms with van der Waals surface area (Å²) in [6.07, 6.45) is 1.49. The van der Waals surface area contributed by atoms with Crippen molar-refractivity contribution in [3.63, 3.8) is 0 Å². The number of carboxylic acid groups (broad SMARTS) is 1. The van der Waals surface area contributed by atoms with Gasteiger partial charge in [0, 0.05) is 6.92 Å². The van der Waals surface area contributed by atoms with E-state index in [2.05, 4.69) is 10.5 Å². The Labute approximate surface area is 114 Å². The van der Waals surface area contributed by atoms with Crippen molar-refractivity contribution in [1.29, 1.82) is 5.41 Å². The standard InChI is InChI=1S/C8H8Cl2N4.C2H4O2/c9-6-2-1-5(3-7(6)10)4-13-14-8(11)12;1-2(3)4/h1-4H,(H4,11,12,14);1H3,(H,3,4). The Hall–Kier alpha value is -1.79. The van der Waals surface area contributed by atoms with Gasteiger partial charge < -0.3 is 10.8 Å². The molecule has 1 rings (SSSR count). The van der Waals surface area contributed by atoms with Gasteiger partial charge in [-0.3, -0.25) is 10.2 Å². The highest BCUT2D eigenvalue weighted by molar-refractivity contribution is 6.42.